The van der Waals surface area contributed by atoms with Crippen LogP contribution in [0.4, 0.5) is 8.78 Å². The number of amides is 3. The molecule has 1 saturated carbocycles. The maximum absolute atomic E-state index is 14.2. The summed E-state index contributed by atoms with van der Waals surface area (Å²) in [5.74, 6) is -0.933. The van der Waals surface area contributed by atoms with E-state index in [-0.39, 0.29) is 27.5 Å². The lowest BCUT2D eigenvalue weighted by Gasteiger charge is -2.36. The third kappa shape index (κ3) is 5.31. The van der Waals surface area contributed by atoms with Gasteiger partial charge in [-0.25, -0.2) is 0 Å². The molecule has 2 saturated heterocycles. The molecule has 3 heterocycles. The highest BCUT2D eigenvalue weighted by Crippen LogP contribution is 2.59. The van der Waals surface area contributed by atoms with Gasteiger partial charge in [0.2, 0.25) is 11.8 Å². The van der Waals surface area contributed by atoms with E-state index in [1.807, 2.05) is 25.7 Å². The molecule has 2 aliphatic heterocycles. The molecule has 40 heavy (non-hydrogen) atoms. The van der Waals surface area contributed by atoms with Crippen molar-refractivity contribution in [1.29, 1.82) is 0 Å². The zero-order chi connectivity index (χ0) is 29.3. The van der Waals surface area contributed by atoms with E-state index in [1.165, 1.54) is 12.1 Å². The van der Waals surface area contributed by atoms with Gasteiger partial charge in [0.25, 0.3) is 5.91 Å². The lowest BCUT2D eigenvalue weighted by atomic mass is 9.85. The van der Waals surface area contributed by atoms with Crippen LogP contribution in [0.1, 0.15) is 68.1 Å². The molecular formula is C27H34F2N3O6PS. The average Bonchev–Trinajstić information content (AvgIpc) is 3.23. The first-order valence-electron chi connectivity index (χ1n) is 13.4. The topological polar surface area (TPSA) is 127 Å². The molecule has 2 atom stereocenters. The summed E-state index contributed by atoms with van der Waals surface area (Å²) < 4.78 is 40.2. The summed E-state index contributed by atoms with van der Waals surface area (Å²) in [7, 11) is -5.74. The highest BCUT2D eigenvalue weighted by molar-refractivity contribution is 7.52. The highest BCUT2D eigenvalue weighted by Gasteiger charge is 2.52. The van der Waals surface area contributed by atoms with E-state index in [9.17, 15) is 27.7 Å². The Kier molecular flexibility index (Phi) is 7.17. The van der Waals surface area contributed by atoms with Gasteiger partial charge in [-0.2, -0.15) is 8.78 Å². The summed E-state index contributed by atoms with van der Waals surface area (Å²) in [4.78, 5) is 62.3. The summed E-state index contributed by atoms with van der Waals surface area (Å²) in [5, 5.41) is 3.04. The van der Waals surface area contributed by atoms with Crippen LogP contribution in [0.15, 0.2) is 24.3 Å². The van der Waals surface area contributed by atoms with E-state index >= 15 is 0 Å². The molecule has 3 fully saturated rings. The number of carbonyl (C=O) groups is 3. The van der Waals surface area contributed by atoms with Crippen LogP contribution in [-0.2, 0) is 19.8 Å². The number of nitrogens with one attached hydrogen (secondary N) is 1. The van der Waals surface area contributed by atoms with Crippen molar-refractivity contribution in [3.8, 4) is 0 Å². The largest absolute Gasteiger partial charge is 0.399 e. The summed E-state index contributed by atoms with van der Waals surface area (Å²) >= 11 is 1.02. The van der Waals surface area contributed by atoms with Crippen molar-refractivity contribution in [1.82, 2.24) is 15.1 Å². The molecule has 0 radical (unpaired) electrons. The maximum Gasteiger partial charge on any atom is 0.399 e. The Morgan fingerprint density at radius 3 is 2.42 bits per heavy atom. The molecular weight excluding hydrogens is 563 g/mol. The second-order valence-corrected chi connectivity index (χ2v) is 15.2. The second kappa shape index (κ2) is 9.86. The quantitative estimate of drug-likeness (QED) is 0.427. The van der Waals surface area contributed by atoms with Crippen molar-refractivity contribution in [2.24, 2.45) is 10.8 Å². The number of hydrogen-bond acceptors (Lipinski definition) is 5. The fraction of sp³-hybridized carbons (Fsp3) is 0.593. The fourth-order valence-corrected chi connectivity index (χ4v) is 7.16. The molecule has 1 aromatic heterocycles. The Bertz CT molecular complexity index is 1410. The van der Waals surface area contributed by atoms with Gasteiger partial charge in [-0.1, -0.05) is 26.8 Å². The van der Waals surface area contributed by atoms with Crippen LogP contribution in [0, 0.1) is 10.8 Å². The average molecular weight is 598 g/mol. The molecule has 3 N–H and O–H groups in total. The van der Waals surface area contributed by atoms with Crippen molar-refractivity contribution in [3.63, 3.8) is 0 Å². The number of carbonyl (C=O) groups excluding carboxylic acids is 3. The number of alkyl halides is 2. The van der Waals surface area contributed by atoms with Gasteiger partial charge in [0.1, 0.15) is 12.1 Å². The Balaban J connectivity index is 1.34. The van der Waals surface area contributed by atoms with Gasteiger partial charge >= 0.3 is 13.3 Å². The van der Waals surface area contributed by atoms with E-state index in [2.05, 4.69) is 5.32 Å². The van der Waals surface area contributed by atoms with Crippen LogP contribution in [0.5, 0.6) is 0 Å². The SMILES string of the molecule is CC(C)(C)C(NC(=O)c1cc2cc(C(F)(F)P(=O)(O)O)ccc2s1)C(=O)N1CCC[C@H]1C(=O)N1CCC2(CC2)C1. The molecule has 1 unspecified atom stereocenters. The molecule has 9 nitrogen and oxygen atoms in total. The van der Waals surface area contributed by atoms with Crippen LogP contribution < -0.4 is 5.32 Å². The number of fused-ring (bicyclic) bond motifs is 1. The minimum absolute atomic E-state index is 0.0268. The second-order valence-electron chi connectivity index (χ2n) is 12.4. The van der Waals surface area contributed by atoms with Gasteiger partial charge in [-0.3, -0.25) is 18.9 Å². The van der Waals surface area contributed by atoms with E-state index in [4.69, 9.17) is 9.79 Å². The normalized spacial score (nSPS) is 21.7. The molecule has 1 aliphatic carbocycles. The molecule has 218 valence electrons. The fourth-order valence-electron chi connectivity index (χ4n) is 5.73. The van der Waals surface area contributed by atoms with E-state index < -0.39 is 42.2 Å². The van der Waals surface area contributed by atoms with E-state index in [0.29, 0.717) is 30.6 Å². The van der Waals surface area contributed by atoms with Crippen LogP contribution in [0.2, 0.25) is 0 Å². The third-order valence-electron chi connectivity index (χ3n) is 8.37. The smallest absolute Gasteiger partial charge is 0.340 e. The molecule has 13 heteroatoms. The number of rotatable bonds is 6. The van der Waals surface area contributed by atoms with Gasteiger partial charge in [0.15, 0.2) is 0 Å². The molecule has 3 amide bonds. The van der Waals surface area contributed by atoms with E-state index in [1.54, 1.807) is 4.90 Å². The maximum atomic E-state index is 14.2. The lowest BCUT2D eigenvalue weighted by Crippen LogP contribution is -2.57. The van der Waals surface area contributed by atoms with Crippen LogP contribution in [0.25, 0.3) is 10.1 Å². The van der Waals surface area contributed by atoms with Crippen molar-refractivity contribution in [3.05, 3.63) is 34.7 Å². The predicted octanol–water partition coefficient (Wildman–Crippen LogP) is 4.28. The summed E-state index contributed by atoms with van der Waals surface area (Å²) in [5.41, 5.74) is -5.63. The van der Waals surface area contributed by atoms with Crippen molar-refractivity contribution in [2.45, 2.75) is 70.6 Å². The standard InChI is InChI=1S/C27H34F2N3O6PS/c1-25(2,3)21(24(35)32-11-4-5-18(32)23(34)31-12-10-26(15-31)8-9-26)30-22(33)20-14-16-13-17(6-7-19(16)40-20)27(28,29)39(36,37)38/h6-7,13-14,18,21H,4-5,8-12,15H2,1-3H3,(H,30,33)(H2,36,37,38)/t18-,21?/m0/s1. The summed E-state index contributed by atoms with van der Waals surface area (Å²) in [6.07, 6.45) is 4.58. The molecule has 5 rings (SSSR count). The van der Waals surface area contributed by atoms with Gasteiger partial charge in [-0.05, 0) is 66.5 Å². The number of hydrogen-bond donors (Lipinski definition) is 3. The first kappa shape index (κ1) is 29.1. The van der Waals surface area contributed by atoms with Crippen LogP contribution in [0.3, 0.4) is 0 Å². The number of halogens is 2. The minimum Gasteiger partial charge on any atom is -0.340 e. The highest BCUT2D eigenvalue weighted by atomic mass is 32.1. The van der Waals surface area contributed by atoms with Crippen molar-refractivity contribution >= 4 is 46.7 Å². The first-order valence-corrected chi connectivity index (χ1v) is 15.8. The number of benzene rings is 1. The molecule has 3 aliphatic rings. The van der Waals surface area contributed by atoms with Crippen molar-refractivity contribution < 1.29 is 37.5 Å². The Morgan fingerprint density at radius 2 is 1.82 bits per heavy atom. The van der Waals surface area contributed by atoms with Crippen LogP contribution >= 0.6 is 18.9 Å². The first-order chi connectivity index (χ1) is 18.5. The third-order valence-corrected chi connectivity index (χ3v) is 10.5. The Hall–Kier alpha value is -2.40. The molecule has 1 spiro atoms. The van der Waals surface area contributed by atoms with Gasteiger partial charge in [-0.15, -0.1) is 11.3 Å². The van der Waals surface area contributed by atoms with Gasteiger partial charge < -0.3 is 24.9 Å². The zero-order valence-corrected chi connectivity index (χ0v) is 24.4. The Labute approximate surface area is 235 Å². The Morgan fingerprint density at radius 1 is 1.12 bits per heavy atom. The minimum atomic E-state index is -5.74. The van der Waals surface area contributed by atoms with Gasteiger partial charge in [0, 0.05) is 29.9 Å². The summed E-state index contributed by atoms with van der Waals surface area (Å²) in [6.45, 7) is 7.35. The number of nitrogens with zero attached hydrogens (tertiary/aromatic N) is 2. The van der Waals surface area contributed by atoms with Crippen LogP contribution in [-0.4, -0.2) is 69.0 Å². The van der Waals surface area contributed by atoms with Crippen molar-refractivity contribution in [2.75, 3.05) is 19.6 Å². The lowest BCUT2D eigenvalue weighted by molar-refractivity contribution is -0.145. The zero-order valence-electron chi connectivity index (χ0n) is 22.7. The molecule has 2 aromatic rings. The van der Waals surface area contributed by atoms with E-state index in [0.717, 1.165) is 49.3 Å². The molecule has 1 aromatic carbocycles. The monoisotopic (exact) mass is 597 g/mol. The number of likely N-dealkylation sites (tertiary alicyclic amines) is 2. The predicted molar refractivity (Wildman–Crippen MR) is 146 cm³/mol. The van der Waals surface area contributed by atoms with Gasteiger partial charge in [0.05, 0.1) is 4.88 Å². The number of thiophene rings is 1. The molecule has 0 bridgehead atoms. The summed E-state index contributed by atoms with van der Waals surface area (Å²) in [6, 6.07) is 3.04.